The van der Waals surface area contributed by atoms with E-state index in [4.69, 9.17) is 16.3 Å². The van der Waals surface area contributed by atoms with Gasteiger partial charge in [-0.2, -0.15) is 0 Å². The van der Waals surface area contributed by atoms with Crippen LogP contribution in [0, 0.1) is 6.92 Å². The van der Waals surface area contributed by atoms with E-state index in [-0.39, 0.29) is 11.3 Å². The predicted molar refractivity (Wildman–Crippen MR) is 117 cm³/mol. The van der Waals surface area contributed by atoms with E-state index in [0.29, 0.717) is 47.2 Å². The van der Waals surface area contributed by atoms with Crippen molar-refractivity contribution < 1.29 is 19.4 Å². The molecule has 1 saturated heterocycles. The number of aryl methyl sites for hydroxylation is 1. The molecule has 3 heterocycles. The van der Waals surface area contributed by atoms with Gasteiger partial charge in [0.1, 0.15) is 11.3 Å². The van der Waals surface area contributed by atoms with Crippen LogP contribution in [0.5, 0.6) is 0 Å². The van der Waals surface area contributed by atoms with Crippen LogP contribution < -0.4 is 0 Å². The minimum absolute atomic E-state index is 0.0403. The zero-order valence-electron chi connectivity index (χ0n) is 17.2. The van der Waals surface area contributed by atoms with Crippen LogP contribution in [-0.4, -0.2) is 51.3 Å². The van der Waals surface area contributed by atoms with Gasteiger partial charge in [0.25, 0.3) is 11.7 Å². The number of halogens is 1. The molecule has 4 rings (SSSR count). The van der Waals surface area contributed by atoms with Crippen LogP contribution in [0.2, 0.25) is 5.02 Å². The van der Waals surface area contributed by atoms with Gasteiger partial charge in [-0.1, -0.05) is 29.8 Å². The van der Waals surface area contributed by atoms with Crippen LogP contribution in [0.25, 0.3) is 11.4 Å². The first-order valence-electron chi connectivity index (χ1n) is 9.91. The summed E-state index contributed by atoms with van der Waals surface area (Å²) in [6.07, 6.45) is 2.32. The molecule has 1 N–H and O–H groups in total. The highest BCUT2D eigenvalue weighted by molar-refractivity contribution is 6.46. The Hall–Kier alpha value is -3.16. The third-order valence-electron chi connectivity index (χ3n) is 5.40. The Kier molecular flexibility index (Phi) is 5.80. The molecule has 2 aromatic heterocycles. The summed E-state index contributed by atoms with van der Waals surface area (Å²) in [6.45, 7) is 2.52. The second-order valence-corrected chi connectivity index (χ2v) is 7.80. The second-order valence-electron chi connectivity index (χ2n) is 7.37. The number of carbonyl (C=O) groups excluding carboxylic acids is 2. The molecule has 0 saturated carbocycles. The van der Waals surface area contributed by atoms with E-state index in [2.05, 4.69) is 4.98 Å². The summed E-state index contributed by atoms with van der Waals surface area (Å²) in [4.78, 5) is 32.0. The van der Waals surface area contributed by atoms with Gasteiger partial charge < -0.3 is 14.7 Å². The summed E-state index contributed by atoms with van der Waals surface area (Å²) in [5.41, 5.74) is 2.32. The van der Waals surface area contributed by atoms with Crippen molar-refractivity contribution >= 4 is 34.7 Å². The molecule has 3 aromatic rings. The number of rotatable bonds is 6. The number of ether oxygens (including phenoxy) is 1. The van der Waals surface area contributed by atoms with Crippen molar-refractivity contribution in [1.29, 1.82) is 0 Å². The number of benzene rings is 1. The zero-order valence-corrected chi connectivity index (χ0v) is 18.0. The fourth-order valence-corrected chi connectivity index (χ4v) is 4.13. The van der Waals surface area contributed by atoms with Crippen LogP contribution in [0.4, 0.5) is 0 Å². The topological polar surface area (TPSA) is 84.1 Å². The molecular weight excluding hydrogens is 418 g/mol. The fraction of sp³-hybridized carbons (Fsp3) is 0.261. The molecule has 1 atom stereocenters. The van der Waals surface area contributed by atoms with Crippen molar-refractivity contribution in [3.63, 3.8) is 0 Å². The Morgan fingerprint density at radius 3 is 2.65 bits per heavy atom. The number of amides is 1. The minimum atomic E-state index is -0.734. The van der Waals surface area contributed by atoms with Crippen LogP contribution in [0.1, 0.15) is 29.4 Å². The number of likely N-dealkylation sites (tertiary alicyclic amines) is 1. The SMILES string of the molecule is COCCCN1C(=O)C(=O)/C(=C(/O)c2c(C)nc3ccccn23)C1c1ccc(Cl)cc1. The molecule has 31 heavy (non-hydrogen) atoms. The molecule has 0 spiro atoms. The summed E-state index contributed by atoms with van der Waals surface area (Å²) >= 11 is 6.04. The summed E-state index contributed by atoms with van der Waals surface area (Å²) in [5.74, 6) is -1.62. The van der Waals surface area contributed by atoms with Crippen molar-refractivity contribution in [2.24, 2.45) is 0 Å². The van der Waals surface area contributed by atoms with Crippen molar-refractivity contribution in [3.05, 3.63) is 76.2 Å². The van der Waals surface area contributed by atoms with E-state index in [1.54, 1.807) is 48.9 Å². The lowest BCUT2D eigenvalue weighted by atomic mass is 9.96. The van der Waals surface area contributed by atoms with E-state index in [9.17, 15) is 14.7 Å². The number of aromatic nitrogens is 2. The molecule has 0 aliphatic carbocycles. The van der Waals surface area contributed by atoms with Crippen LogP contribution >= 0.6 is 11.6 Å². The number of pyridine rings is 1. The van der Waals surface area contributed by atoms with E-state index in [0.717, 1.165) is 0 Å². The summed E-state index contributed by atoms with van der Waals surface area (Å²) in [7, 11) is 1.58. The molecule has 1 unspecified atom stereocenters. The third-order valence-corrected chi connectivity index (χ3v) is 5.65. The highest BCUT2D eigenvalue weighted by Crippen LogP contribution is 2.40. The molecule has 1 aliphatic heterocycles. The van der Waals surface area contributed by atoms with Crippen LogP contribution in [0.3, 0.4) is 0 Å². The van der Waals surface area contributed by atoms with E-state index < -0.39 is 17.7 Å². The number of ketones is 1. The molecule has 7 nitrogen and oxygen atoms in total. The van der Waals surface area contributed by atoms with Crippen LogP contribution in [0.15, 0.2) is 54.2 Å². The van der Waals surface area contributed by atoms with Gasteiger partial charge in [-0.25, -0.2) is 4.98 Å². The van der Waals surface area contributed by atoms with Crippen molar-refractivity contribution in [2.75, 3.05) is 20.3 Å². The smallest absolute Gasteiger partial charge is 0.295 e. The van der Waals surface area contributed by atoms with E-state index in [1.165, 1.54) is 4.90 Å². The quantitative estimate of drug-likeness (QED) is 0.273. The van der Waals surface area contributed by atoms with Gasteiger partial charge in [0.05, 0.1) is 17.3 Å². The molecular formula is C23H22ClN3O4. The average Bonchev–Trinajstić information content (AvgIpc) is 3.22. The molecule has 1 aromatic carbocycles. The highest BCUT2D eigenvalue weighted by Gasteiger charge is 2.46. The lowest BCUT2D eigenvalue weighted by Crippen LogP contribution is -2.31. The van der Waals surface area contributed by atoms with E-state index >= 15 is 0 Å². The first-order chi connectivity index (χ1) is 14.9. The molecule has 0 radical (unpaired) electrons. The summed E-state index contributed by atoms with van der Waals surface area (Å²) < 4.78 is 6.81. The highest BCUT2D eigenvalue weighted by atomic mass is 35.5. The zero-order chi connectivity index (χ0) is 22.1. The second kappa shape index (κ2) is 8.53. The third kappa shape index (κ3) is 3.71. The number of hydrogen-bond acceptors (Lipinski definition) is 5. The van der Waals surface area contributed by atoms with Gasteiger partial charge in [0.15, 0.2) is 5.76 Å². The van der Waals surface area contributed by atoms with Gasteiger partial charge in [-0.3, -0.25) is 14.0 Å². The number of hydrogen-bond donors (Lipinski definition) is 1. The number of aliphatic hydroxyl groups excluding tert-OH is 1. The number of nitrogens with zero attached hydrogens (tertiary/aromatic N) is 3. The first-order valence-corrected chi connectivity index (χ1v) is 10.3. The Bertz CT molecular complexity index is 1180. The van der Waals surface area contributed by atoms with Gasteiger partial charge in [-0.15, -0.1) is 0 Å². The molecule has 8 heteroatoms. The molecule has 160 valence electrons. The van der Waals surface area contributed by atoms with Crippen molar-refractivity contribution in [2.45, 2.75) is 19.4 Å². The Morgan fingerprint density at radius 2 is 1.94 bits per heavy atom. The Balaban J connectivity index is 1.90. The Morgan fingerprint density at radius 1 is 1.19 bits per heavy atom. The van der Waals surface area contributed by atoms with Crippen molar-refractivity contribution in [3.8, 4) is 0 Å². The standard InChI is InChI=1S/C23H22ClN3O4/c1-14-19(26-11-4-3-6-17(26)25-14)21(28)18-20(15-7-9-16(24)10-8-15)27(12-5-13-31-2)23(30)22(18)29/h3-4,6-11,20,28H,5,12-13H2,1-2H3/b21-18+. The van der Waals surface area contributed by atoms with Gasteiger partial charge in [-0.05, 0) is 43.2 Å². The normalized spacial score (nSPS) is 18.3. The number of methoxy groups -OCH3 is 1. The summed E-state index contributed by atoms with van der Waals surface area (Å²) in [5, 5.41) is 11.9. The number of aliphatic hydroxyl groups is 1. The molecule has 1 fully saturated rings. The number of fused-ring (bicyclic) bond motifs is 1. The molecule has 0 bridgehead atoms. The first kappa shape index (κ1) is 21.1. The number of carbonyl (C=O) groups is 2. The van der Waals surface area contributed by atoms with Crippen molar-refractivity contribution in [1.82, 2.24) is 14.3 Å². The molecule has 1 aliphatic rings. The van der Waals surface area contributed by atoms with Crippen LogP contribution in [-0.2, 0) is 14.3 Å². The maximum atomic E-state index is 13.1. The maximum absolute atomic E-state index is 13.1. The fourth-order valence-electron chi connectivity index (χ4n) is 4.01. The average molecular weight is 440 g/mol. The monoisotopic (exact) mass is 439 g/mol. The van der Waals surface area contributed by atoms with Gasteiger partial charge >= 0.3 is 0 Å². The summed E-state index contributed by atoms with van der Waals surface area (Å²) in [6, 6.07) is 11.6. The predicted octanol–water partition coefficient (Wildman–Crippen LogP) is 3.75. The maximum Gasteiger partial charge on any atom is 0.295 e. The van der Waals surface area contributed by atoms with Gasteiger partial charge in [0, 0.05) is 31.5 Å². The molecule has 1 amide bonds. The Labute approximate surface area is 184 Å². The minimum Gasteiger partial charge on any atom is -0.505 e. The number of imidazole rings is 1. The number of Topliss-reactive ketones (excluding diaryl/α,β-unsaturated/α-hetero) is 1. The lowest BCUT2D eigenvalue weighted by molar-refractivity contribution is -0.140. The van der Waals surface area contributed by atoms with Gasteiger partial charge in [0.2, 0.25) is 0 Å². The largest absolute Gasteiger partial charge is 0.505 e. The lowest BCUT2D eigenvalue weighted by Gasteiger charge is -2.25. The van der Waals surface area contributed by atoms with E-state index in [1.807, 2.05) is 18.2 Å².